The highest BCUT2D eigenvalue weighted by molar-refractivity contribution is 7.64. The summed E-state index contributed by atoms with van der Waals surface area (Å²) in [4.78, 5) is 9.16. The minimum absolute atomic E-state index is 0.796. The molecule has 0 aliphatic heterocycles. The highest BCUT2D eigenvalue weighted by Crippen LogP contribution is 2.43. The van der Waals surface area contributed by atoms with Crippen molar-refractivity contribution in [1.82, 2.24) is 0 Å². The third-order valence-electron chi connectivity index (χ3n) is 1.11. The van der Waals surface area contributed by atoms with E-state index in [1.807, 2.05) is 13.8 Å². The Morgan fingerprint density at radius 3 is 1.82 bits per heavy atom. The predicted octanol–water partition coefficient (Wildman–Crippen LogP) is 3.10. The highest BCUT2D eigenvalue weighted by atomic mass is 31.2. The number of hydrogen-bond donors (Lipinski definition) is 1. The lowest BCUT2D eigenvalue weighted by atomic mass is 10.5. The minimum Gasteiger partial charge on any atom is -0.339 e. The van der Waals surface area contributed by atoms with E-state index >= 15 is 0 Å². The summed E-state index contributed by atoms with van der Waals surface area (Å²) in [6.45, 7) is 3.86. The maximum atomic E-state index is 11.1. The molecular formula is C8H15O2P. The molecular weight excluding hydrogens is 159 g/mol. The lowest BCUT2D eigenvalue weighted by Crippen LogP contribution is -1.67. The van der Waals surface area contributed by atoms with Gasteiger partial charge < -0.3 is 4.89 Å². The zero-order valence-corrected chi connectivity index (χ0v) is 7.92. The van der Waals surface area contributed by atoms with Crippen LogP contribution in [0.3, 0.4) is 0 Å². The second-order valence-electron chi connectivity index (χ2n) is 2.26. The van der Waals surface area contributed by atoms with Gasteiger partial charge in [-0.1, -0.05) is 26.0 Å². The fourth-order valence-corrected chi connectivity index (χ4v) is 1.69. The third kappa shape index (κ3) is 6.08. The molecule has 0 bridgehead atoms. The SMILES string of the molecule is CCC=CP(=O)(O)C=CCC. The van der Waals surface area contributed by atoms with E-state index in [0.29, 0.717) is 0 Å². The van der Waals surface area contributed by atoms with Crippen LogP contribution in [-0.2, 0) is 4.57 Å². The Morgan fingerprint density at radius 1 is 1.18 bits per heavy atom. The molecule has 0 aliphatic rings. The average molecular weight is 174 g/mol. The van der Waals surface area contributed by atoms with Crippen molar-refractivity contribution in [2.45, 2.75) is 26.7 Å². The summed E-state index contributed by atoms with van der Waals surface area (Å²) >= 11 is 0. The molecule has 0 aromatic rings. The average Bonchev–Trinajstić information content (AvgIpc) is 1.97. The van der Waals surface area contributed by atoms with Gasteiger partial charge in [0.2, 0.25) is 7.37 Å². The van der Waals surface area contributed by atoms with Gasteiger partial charge in [0.15, 0.2) is 0 Å². The maximum Gasteiger partial charge on any atom is 0.244 e. The van der Waals surface area contributed by atoms with Crippen LogP contribution in [0.5, 0.6) is 0 Å². The van der Waals surface area contributed by atoms with Gasteiger partial charge in [0, 0.05) is 11.6 Å². The van der Waals surface area contributed by atoms with Crippen molar-refractivity contribution in [1.29, 1.82) is 0 Å². The number of hydrogen-bond acceptors (Lipinski definition) is 1. The molecule has 1 N–H and O–H groups in total. The van der Waals surface area contributed by atoms with Crippen LogP contribution >= 0.6 is 7.37 Å². The fraction of sp³-hybridized carbons (Fsp3) is 0.500. The van der Waals surface area contributed by atoms with Gasteiger partial charge in [-0.3, -0.25) is 4.57 Å². The van der Waals surface area contributed by atoms with Gasteiger partial charge >= 0.3 is 0 Å². The van der Waals surface area contributed by atoms with E-state index in [2.05, 4.69) is 0 Å². The smallest absolute Gasteiger partial charge is 0.244 e. The molecule has 0 aromatic carbocycles. The molecule has 0 amide bonds. The van der Waals surface area contributed by atoms with Crippen LogP contribution in [0.25, 0.3) is 0 Å². The van der Waals surface area contributed by atoms with Gasteiger partial charge in [-0.2, -0.15) is 0 Å². The van der Waals surface area contributed by atoms with E-state index in [0.717, 1.165) is 12.8 Å². The molecule has 0 saturated carbocycles. The van der Waals surface area contributed by atoms with E-state index in [9.17, 15) is 4.57 Å². The normalized spacial score (nSPS) is 17.7. The lowest BCUT2D eigenvalue weighted by Gasteiger charge is -1.96. The molecule has 0 aromatic heterocycles. The second-order valence-corrected chi connectivity index (χ2v) is 4.20. The minimum atomic E-state index is -3.09. The first kappa shape index (κ1) is 10.7. The van der Waals surface area contributed by atoms with E-state index in [-0.39, 0.29) is 0 Å². The van der Waals surface area contributed by atoms with E-state index in [1.165, 1.54) is 11.6 Å². The predicted molar refractivity (Wildman–Crippen MR) is 48.7 cm³/mol. The van der Waals surface area contributed by atoms with E-state index in [4.69, 9.17) is 4.89 Å². The molecule has 0 rings (SSSR count). The maximum absolute atomic E-state index is 11.1. The Hall–Kier alpha value is -0.330. The van der Waals surface area contributed by atoms with Gasteiger partial charge in [0.25, 0.3) is 0 Å². The van der Waals surface area contributed by atoms with E-state index < -0.39 is 7.37 Å². The van der Waals surface area contributed by atoms with Crippen molar-refractivity contribution in [3.05, 3.63) is 23.8 Å². The molecule has 0 spiro atoms. The van der Waals surface area contributed by atoms with Crippen molar-refractivity contribution in [3.63, 3.8) is 0 Å². The quantitative estimate of drug-likeness (QED) is 0.665. The molecule has 64 valence electrons. The van der Waals surface area contributed by atoms with Crippen molar-refractivity contribution >= 4 is 7.37 Å². The highest BCUT2D eigenvalue weighted by Gasteiger charge is 2.05. The summed E-state index contributed by atoms with van der Waals surface area (Å²) in [6.07, 6.45) is 5.01. The molecule has 0 fully saturated rings. The van der Waals surface area contributed by atoms with Crippen LogP contribution in [0.2, 0.25) is 0 Å². The van der Waals surface area contributed by atoms with Crippen molar-refractivity contribution in [3.8, 4) is 0 Å². The number of rotatable bonds is 4. The topological polar surface area (TPSA) is 37.3 Å². The summed E-state index contributed by atoms with van der Waals surface area (Å²) in [7, 11) is -3.09. The van der Waals surface area contributed by atoms with Crippen LogP contribution in [0.4, 0.5) is 0 Å². The monoisotopic (exact) mass is 174 g/mol. The molecule has 0 atom stereocenters. The molecule has 3 heteroatoms. The summed E-state index contributed by atoms with van der Waals surface area (Å²) < 4.78 is 11.1. The Morgan fingerprint density at radius 2 is 1.55 bits per heavy atom. The summed E-state index contributed by atoms with van der Waals surface area (Å²) in [5, 5.41) is 0. The summed E-state index contributed by atoms with van der Waals surface area (Å²) in [5.74, 6) is 2.75. The van der Waals surface area contributed by atoms with Crippen molar-refractivity contribution in [2.75, 3.05) is 0 Å². The molecule has 0 unspecified atom stereocenters. The molecule has 0 saturated heterocycles. The summed E-state index contributed by atoms with van der Waals surface area (Å²) in [6, 6.07) is 0. The molecule has 0 aliphatic carbocycles. The van der Waals surface area contributed by atoms with E-state index in [1.54, 1.807) is 12.2 Å². The van der Waals surface area contributed by atoms with Crippen LogP contribution in [0.15, 0.2) is 23.8 Å². The van der Waals surface area contributed by atoms with Gasteiger partial charge in [-0.15, -0.1) is 0 Å². The van der Waals surface area contributed by atoms with Gasteiger partial charge in [0.05, 0.1) is 0 Å². The third-order valence-corrected chi connectivity index (χ3v) is 2.39. The van der Waals surface area contributed by atoms with Crippen LogP contribution < -0.4 is 0 Å². The summed E-state index contributed by atoms with van der Waals surface area (Å²) in [5.41, 5.74) is 0. The Labute approximate surface area is 68.1 Å². The van der Waals surface area contributed by atoms with Gasteiger partial charge in [0.1, 0.15) is 0 Å². The Kier molecular flexibility index (Phi) is 5.18. The largest absolute Gasteiger partial charge is 0.339 e. The van der Waals surface area contributed by atoms with Crippen molar-refractivity contribution in [2.24, 2.45) is 0 Å². The van der Waals surface area contributed by atoms with Crippen LogP contribution in [-0.4, -0.2) is 4.89 Å². The fourth-order valence-electron chi connectivity index (χ4n) is 0.563. The first-order chi connectivity index (χ1) is 5.12. The molecule has 0 heterocycles. The Bertz CT molecular complexity index is 176. The molecule has 2 nitrogen and oxygen atoms in total. The molecule has 11 heavy (non-hydrogen) atoms. The van der Waals surface area contributed by atoms with Crippen LogP contribution in [0, 0.1) is 0 Å². The standard InChI is InChI=1S/C8H15O2P/c1-3-5-7-11(9,10)8-6-4-2/h5-8H,3-4H2,1-2H3,(H,9,10). The lowest BCUT2D eigenvalue weighted by molar-refractivity contribution is 0.499. The molecule has 0 radical (unpaired) electrons. The van der Waals surface area contributed by atoms with Crippen molar-refractivity contribution < 1.29 is 9.46 Å². The zero-order valence-electron chi connectivity index (χ0n) is 7.03. The Balaban J connectivity index is 4.11. The van der Waals surface area contributed by atoms with Crippen LogP contribution in [0.1, 0.15) is 26.7 Å². The number of allylic oxidation sites excluding steroid dienone is 2. The first-order valence-electron chi connectivity index (χ1n) is 3.80. The van der Waals surface area contributed by atoms with Gasteiger partial charge in [-0.25, -0.2) is 0 Å². The van der Waals surface area contributed by atoms with Gasteiger partial charge in [-0.05, 0) is 12.8 Å². The second kappa shape index (κ2) is 5.34. The zero-order chi connectivity index (χ0) is 8.74. The first-order valence-corrected chi connectivity index (χ1v) is 5.59.